The number of nitrogens with zero attached hydrogens (tertiary/aromatic N) is 2. The molecule has 0 bridgehead atoms. The fourth-order valence-electron chi connectivity index (χ4n) is 1.23. The highest BCUT2D eigenvalue weighted by Gasteiger charge is 2.14. The molecule has 1 saturated heterocycles. The highest BCUT2D eigenvalue weighted by atomic mass is 16.5. The van der Waals surface area contributed by atoms with Crippen LogP contribution in [0.5, 0.6) is 0 Å². The van der Waals surface area contributed by atoms with Gasteiger partial charge in [-0.15, -0.1) is 0 Å². The average Bonchev–Trinajstić information content (AvgIpc) is 2.06. The molecule has 1 aliphatic heterocycles. The molecule has 0 aromatic carbocycles. The third-order valence-electron chi connectivity index (χ3n) is 1.86. The zero-order valence-corrected chi connectivity index (χ0v) is 6.98. The molecule has 1 atom stereocenters. The number of hydrogen-bond donors (Lipinski definition) is 1. The molecule has 0 aliphatic carbocycles. The summed E-state index contributed by atoms with van der Waals surface area (Å²) in [5.41, 5.74) is 0. The lowest BCUT2D eigenvalue weighted by Crippen LogP contribution is -2.41. The van der Waals surface area contributed by atoms with E-state index in [1.54, 1.807) is 0 Å². The third kappa shape index (κ3) is 3.25. The highest BCUT2D eigenvalue weighted by Crippen LogP contribution is 1.98. The molecule has 0 aromatic rings. The molecule has 1 N–H and O–H groups in total. The van der Waals surface area contributed by atoms with Crippen molar-refractivity contribution in [2.75, 3.05) is 39.4 Å². The molecule has 70 valence electrons. The number of ether oxygens (including phenoxy) is 1. The van der Waals surface area contributed by atoms with Crippen molar-refractivity contribution in [3.05, 3.63) is 4.91 Å². The minimum Gasteiger partial charge on any atom is -0.390 e. The van der Waals surface area contributed by atoms with Crippen LogP contribution in [-0.4, -0.2) is 55.5 Å². The zero-order valence-electron chi connectivity index (χ0n) is 6.98. The summed E-state index contributed by atoms with van der Waals surface area (Å²) >= 11 is 0. The van der Waals surface area contributed by atoms with E-state index >= 15 is 0 Å². The number of aliphatic hydroxyl groups excluding tert-OH is 1. The van der Waals surface area contributed by atoms with Crippen LogP contribution in [0.4, 0.5) is 0 Å². The smallest absolute Gasteiger partial charge is 0.108 e. The Bertz CT molecular complexity index is 137. The minimum absolute atomic E-state index is 0.0165. The number of hydrogen-bond acceptors (Lipinski definition) is 5. The van der Waals surface area contributed by atoms with Gasteiger partial charge in [0.2, 0.25) is 0 Å². The van der Waals surface area contributed by atoms with Gasteiger partial charge in [-0.2, -0.15) is 4.91 Å². The topological polar surface area (TPSA) is 62.1 Å². The molecule has 0 amide bonds. The van der Waals surface area contributed by atoms with Crippen LogP contribution in [0.3, 0.4) is 0 Å². The number of rotatable bonds is 4. The van der Waals surface area contributed by atoms with Crippen LogP contribution >= 0.6 is 0 Å². The molecule has 5 nitrogen and oxygen atoms in total. The van der Waals surface area contributed by atoms with E-state index in [9.17, 15) is 10.0 Å². The molecule has 1 heterocycles. The first-order valence-corrected chi connectivity index (χ1v) is 4.10. The van der Waals surface area contributed by atoms with Crippen molar-refractivity contribution in [2.24, 2.45) is 5.18 Å². The van der Waals surface area contributed by atoms with Gasteiger partial charge in [-0.3, -0.25) is 4.90 Å². The van der Waals surface area contributed by atoms with Gasteiger partial charge in [-0.1, -0.05) is 5.18 Å². The van der Waals surface area contributed by atoms with Crippen molar-refractivity contribution in [3.8, 4) is 0 Å². The van der Waals surface area contributed by atoms with E-state index in [2.05, 4.69) is 10.1 Å². The Morgan fingerprint density at radius 1 is 1.50 bits per heavy atom. The molecular formula is C7H14N2O3. The second kappa shape index (κ2) is 5.18. The van der Waals surface area contributed by atoms with Gasteiger partial charge in [-0.05, 0) is 0 Å². The Morgan fingerprint density at radius 3 is 2.75 bits per heavy atom. The van der Waals surface area contributed by atoms with Crippen LogP contribution in [0, 0.1) is 4.91 Å². The second-order valence-electron chi connectivity index (χ2n) is 2.88. The summed E-state index contributed by atoms with van der Waals surface area (Å²) in [5.74, 6) is 0. The maximum Gasteiger partial charge on any atom is 0.108 e. The van der Waals surface area contributed by atoms with Crippen LogP contribution in [0.15, 0.2) is 5.18 Å². The van der Waals surface area contributed by atoms with Crippen LogP contribution in [0.25, 0.3) is 0 Å². The Hall–Kier alpha value is -0.520. The Kier molecular flexibility index (Phi) is 4.13. The van der Waals surface area contributed by atoms with Crippen molar-refractivity contribution < 1.29 is 9.84 Å². The first-order chi connectivity index (χ1) is 5.83. The normalized spacial score (nSPS) is 22.1. The van der Waals surface area contributed by atoms with Gasteiger partial charge in [0.1, 0.15) is 6.54 Å². The largest absolute Gasteiger partial charge is 0.390 e. The van der Waals surface area contributed by atoms with Gasteiger partial charge in [0.15, 0.2) is 0 Å². The molecular weight excluding hydrogens is 160 g/mol. The molecule has 1 aliphatic rings. The summed E-state index contributed by atoms with van der Waals surface area (Å²) in [4.78, 5) is 11.9. The highest BCUT2D eigenvalue weighted by molar-refractivity contribution is 4.68. The minimum atomic E-state index is -0.624. The fraction of sp³-hybridized carbons (Fsp3) is 1.00. The van der Waals surface area contributed by atoms with E-state index in [0.29, 0.717) is 19.8 Å². The van der Waals surface area contributed by atoms with Crippen LogP contribution in [0.1, 0.15) is 0 Å². The number of aliphatic hydroxyl groups is 1. The summed E-state index contributed by atoms with van der Waals surface area (Å²) in [5, 5.41) is 11.9. The molecule has 12 heavy (non-hydrogen) atoms. The predicted molar refractivity (Wildman–Crippen MR) is 43.9 cm³/mol. The van der Waals surface area contributed by atoms with E-state index < -0.39 is 6.10 Å². The Labute approximate surface area is 71.3 Å². The summed E-state index contributed by atoms with van der Waals surface area (Å²) in [6, 6.07) is 0. The van der Waals surface area contributed by atoms with Gasteiger partial charge in [-0.25, -0.2) is 0 Å². The molecule has 5 heteroatoms. The van der Waals surface area contributed by atoms with Gasteiger partial charge in [0, 0.05) is 19.6 Å². The average molecular weight is 174 g/mol. The standard InChI is InChI=1S/C7H14N2O3/c10-7(5-8-11)6-9-1-3-12-4-2-9/h7,10H,1-6H2. The van der Waals surface area contributed by atoms with Crippen molar-refractivity contribution in [1.82, 2.24) is 4.90 Å². The molecule has 1 rings (SSSR count). The SMILES string of the molecule is O=NCC(O)CN1CCOCC1. The quantitative estimate of drug-likeness (QED) is 0.581. The van der Waals surface area contributed by atoms with Gasteiger partial charge >= 0.3 is 0 Å². The molecule has 0 saturated carbocycles. The fourth-order valence-corrected chi connectivity index (χ4v) is 1.23. The summed E-state index contributed by atoms with van der Waals surface area (Å²) < 4.78 is 5.13. The molecule has 1 unspecified atom stereocenters. The lowest BCUT2D eigenvalue weighted by atomic mass is 10.3. The van der Waals surface area contributed by atoms with Crippen molar-refractivity contribution >= 4 is 0 Å². The maximum absolute atomic E-state index is 9.80. The van der Waals surface area contributed by atoms with Crippen molar-refractivity contribution in [1.29, 1.82) is 0 Å². The Balaban J connectivity index is 2.15. The number of β-amino-alcohol motifs (C(OH)–C–C–N with tert-alkyl or cyclic N) is 1. The maximum atomic E-state index is 9.80. The van der Waals surface area contributed by atoms with E-state index in [1.165, 1.54) is 0 Å². The summed E-state index contributed by atoms with van der Waals surface area (Å²) in [6.45, 7) is 3.58. The molecule has 0 aromatic heterocycles. The predicted octanol–water partition coefficient (Wildman–Crippen LogP) is -0.554. The monoisotopic (exact) mass is 174 g/mol. The lowest BCUT2D eigenvalue weighted by Gasteiger charge is -2.27. The first kappa shape index (κ1) is 9.57. The van der Waals surface area contributed by atoms with Crippen molar-refractivity contribution in [3.63, 3.8) is 0 Å². The lowest BCUT2D eigenvalue weighted by molar-refractivity contribution is 0.0164. The third-order valence-corrected chi connectivity index (χ3v) is 1.86. The number of nitroso groups, excluding NO2 is 1. The molecule has 0 spiro atoms. The van der Waals surface area contributed by atoms with E-state index in [-0.39, 0.29) is 6.54 Å². The second-order valence-corrected chi connectivity index (χ2v) is 2.88. The van der Waals surface area contributed by atoms with E-state index in [0.717, 1.165) is 13.1 Å². The summed E-state index contributed by atoms with van der Waals surface area (Å²) in [7, 11) is 0. The zero-order chi connectivity index (χ0) is 8.81. The van der Waals surface area contributed by atoms with Crippen LogP contribution in [-0.2, 0) is 4.74 Å². The van der Waals surface area contributed by atoms with Gasteiger partial charge < -0.3 is 9.84 Å². The number of morpholine rings is 1. The van der Waals surface area contributed by atoms with Crippen LogP contribution < -0.4 is 0 Å². The van der Waals surface area contributed by atoms with Gasteiger partial charge in [0.25, 0.3) is 0 Å². The first-order valence-electron chi connectivity index (χ1n) is 4.10. The molecule has 1 fully saturated rings. The van der Waals surface area contributed by atoms with E-state index in [1.807, 2.05) is 0 Å². The van der Waals surface area contributed by atoms with Gasteiger partial charge in [0.05, 0.1) is 19.3 Å². The Morgan fingerprint density at radius 2 is 2.17 bits per heavy atom. The van der Waals surface area contributed by atoms with Crippen LogP contribution in [0.2, 0.25) is 0 Å². The van der Waals surface area contributed by atoms with E-state index in [4.69, 9.17) is 4.74 Å². The van der Waals surface area contributed by atoms with Crippen molar-refractivity contribution in [2.45, 2.75) is 6.10 Å². The summed E-state index contributed by atoms with van der Waals surface area (Å²) in [6.07, 6.45) is -0.624. The molecule has 0 radical (unpaired) electrons.